The Morgan fingerprint density at radius 2 is 1.67 bits per heavy atom. The van der Waals surface area contributed by atoms with Gasteiger partial charge in [0.2, 0.25) is 5.91 Å². The highest BCUT2D eigenvalue weighted by atomic mass is 32.2. The summed E-state index contributed by atoms with van der Waals surface area (Å²) in [6.45, 7) is 0. The first kappa shape index (κ1) is 23.0. The number of thiazole rings is 1. The number of aromatic nitrogens is 1. The molecule has 3 aromatic rings. The van der Waals surface area contributed by atoms with Gasteiger partial charge in [0.1, 0.15) is 10.5 Å². The number of nitrogens with two attached hydrogens (primary N) is 2. The lowest BCUT2D eigenvalue weighted by atomic mass is 9.83. The molecule has 1 aromatic heterocycles. The molecule has 1 aliphatic heterocycles. The van der Waals surface area contributed by atoms with E-state index in [0.717, 1.165) is 26.7 Å². The number of allylic oxidation sites excluding steroid dienone is 1. The van der Waals surface area contributed by atoms with Gasteiger partial charge in [0.05, 0.1) is 27.7 Å². The van der Waals surface area contributed by atoms with Crippen molar-refractivity contribution in [1.29, 1.82) is 5.26 Å². The molecule has 1 amide bonds. The van der Waals surface area contributed by atoms with Crippen molar-refractivity contribution in [2.75, 3.05) is 12.5 Å². The standard InChI is InChI=1S/C24H20N4O2S3/c1-31-15-7-3-13(4-8-15)11-18-23(30)28-21(26)17(12-25)19(20(22(27)29)24(28)33-18)14-5-9-16(32-2)10-6-14/h3-11,19H,26H2,1-2H3,(H2,27,29)/b18-11-. The first-order valence-corrected chi connectivity index (χ1v) is 13.1. The molecule has 9 heteroatoms. The van der Waals surface area contributed by atoms with Crippen molar-refractivity contribution >= 4 is 58.2 Å². The van der Waals surface area contributed by atoms with Crippen molar-refractivity contribution < 1.29 is 4.79 Å². The number of benzene rings is 2. The van der Waals surface area contributed by atoms with E-state index in [1.54, 1.807) is 29.6 Å². The number of carbonyl (C=O) groups is 1. The summed E-state index contributed by atoms with van der Waals surface area (Å²) in [5, 5.41) is 9.92. The minimum Gasteiger partial charge on any atom is -0.384 e. The SMILES string of the molecule is CSc1ccc(/C=c2\sc3n(c2=O)C(N)=C(C#N)C(c2ccc(SC)cc2)C=3C(N)=O)cc1. The van der Waals surface area contributed by atoms with Crippen LogP contribution in [0.1, 0.15) is 17.0 Å². The zero-order valence-electron chi connectivity index (χ0n) is 17.9. The molecule has 0 saturated heterocycles. The van der Waals surface area contributed by atoms with Gasteiger partial charge < -0.3 is 11.5 Å². The van der Waals surface area contributed by atoms with Crippen molar-refractivity contribution in [3.8, 4) is 6.07 Å². The van der Waals surface area contributed by atoms with Gasteiger partial charge in [0.25, 0.3) is 5.56 Å². The number of nitrogens with zero attached hydrogens (tertiary/aromatic N) is 2. The molecule has 0 saturated carbocycles. The van der Waals surface area contributed by atoms with Gasteiger partial charge in [-0.3, -0.25) is 14.2 Å². The van der Waals surface area contributed by atoms with Crippen molar-refractivity contribution in [2.45, 2.75) is 15.7 Å². The summed E-state index contributed by atoms with van der Waals surface area (Å²) in [6.07, 6.45) is 5.71. The quantitative estimate of drug-likeness (QED) is 0.528. The van der Waals surface area contributed by atoms with Crippen LogP contribution in [0.25, 0.3) is 17.5 Å². The smallest absolute Gasteiger partial charge is 0.274 e. The largest absolute Gasteiger partial charge is 0.384 e. The molecule has 0 radical (unpaired) electrons. The molecule has 1 atom stereocenters. The zero-order chi connectivity index (χ0) is 23.7. The van der Waals surface area contributed by atoms with Gasteiger partial charge in [-0.2, -0.15) is 5.26 Å². The molecule has 1 aliphatic rings. The molecule has 1 unspecified atom stereocenters. The first-order valence-electron chi connectivity index (χ1n) is 9.85. The molecule has 0 aliphatic carbocycles. The van der Waals surface area contributed by atoms with Gasteiger partial charge in [-0.15, -0.1) is 34.9 Å². The van der Waals surface area contributed by atoms with Crippen LogP contribution >= 0.6 is 34.9 Å². The van der Waals surface area contributed by atoms with Gasteiger partial charge in [0, 0.05) is 9.79 Å². The number of thioether (sulfide) groups is 2. The summed E-state index contributed by atoms with van der Waals surface area (Å²) in [5.41, 5.74) is 13.6. The lowest BCUT2D eigenvalue weighted by Crippen LogP contribution is -2.41. The van der Waals surface area contributed by atoms with Crippen LogP contribution in [0, 0.1) is 11.3 Å². The molecule has 0 bridgehead atoms. The van der Waals surface area contributed by atoms with Gasteiger partial charge in [-0.25, -0.2) is 0 Å². The number of nitriles is 1. The third kappa shape index (κ3) is 4.13. The molecular weight excluding hydrogens is 472 g/mol. The van der Waals surface area contributed by atoms with Crippen molar-refractivity contribution in [3.05, 3.63) is 84.8 Å². The average Bonchev–Trinajstić information content (AvgIpc) is 3.15. The molecule has 2 aromatic carbocycles. The third-order valence-corrected chi connectivity index (χ3v) is 7.99. The molecule has 4 N–H and O–H groups in total. The fraction of sp³-hybridized carbons (Fsp3) is 0.125. The fourth-order valence-electron chi connectivity index (χ4n) is 3.77. The first-order chi connectivity index (χ1) is 15.9. The van der Waals surface area contributed by atoms with Crippen LogP contribution in [0.15, 0.2) is 68.7 Å². The fourth-order valence-corrected chi connectivity index (χ4v) is 5.77. The summed E-state index contributed by atoms with van der Waals surface area (Å²) < 4.78 is 1.99. The number of rotatable bonds is 5. The number of hydrogen-bond acceptors (Lipinski definition) is 7. The van der Waals surface area contributed by atoms with E-state index in [4.69, 9.17) is 11.5 Å². The molecule has 0 spiro atoms. The minimum atomic E-state index is -0.741. The molecule has 2 heterocycles. The molecular formula is C24H20N4O2S3. The second kappa shape index (κ2) is 9.35. The van der Waals surface area contributed by atoms with E-state index in [-0.39, 0.29) is 22.5 Å². The Bertz CT molecular complexity index is 1490. The number of hydrogen-bond donors (Lipinski definition) is 2. The Labute approximate surface area is 202 Å². The number of fused-ring (bicyclic) bond motifs is 1. The van der Waals surface area contributed by atoms with Crippen LogP contribution in [-0.4, -0.2) is 23.0 Å². The number of carbonyl (C=O) groups excluding carboxylic acids is 1. The number of amides is 1. The van der Waals surface area contributed by atoms with Crippen LogP contribution in [0.5, 0.6) is 0 Å². The summed E-state index contributed by atoms with van der Waals surface area (Å²) in [6, 6.07) is 17.4. The Morgan fingerprint density at radius 1 is 1.09 bits per heavy atom. The normalized spacial score (nSPS) is 16.0. The Morgan fingerprint density at radius 3 is 2.18 bits per heavy atom. The van der Waals surface area contributed by atoms with E-state index < -0.39 is 11.8 Å². The predicted octanol–water partition coefficient (Wildman–Crippen LogP) is 2.27. The van der Waals surface area contributed by atoms with E-state index in [1.165, 1.54) is 4.57 Å². The summed E-state index contributed by atoms with van der Waals surface area (Å²) in [7, 11) is 0. The summed E-state index contributed by atoms with van der Waals surface area (Å²) in [4.78, 5) is 28.0. The highest BCUT2D eigenvalue weighted by Crippen LogP contribution is 2.36. The van der Waals surface area contributed by atoms with Crippen molar-refractivity contribution in [2.24, 2.45) is 11.5 Å². The topological polar surface area (TPSA) is 115 Å². The Kier molecular flexibility index (Phi) is 6.51. The van der Waals surface area contributed by atoms with E-state index in [0.29, 0.717) is 14.8 Å². The second-order valence-electron chi connectivity index (χ2n) is 7.22. The maximum absolute atomic E-state index is 13.3. The third-order valence-electron chi connectivity index (χ3n) is 5.40. The lowest BCUT2D eigenvalue weighted by molar-refractivity contribution is -0.113. The molecule has 4 rings (SSSR count). The molecule has 166 valence electrons. The van der Waals surface area contributed by atoms with Crippen molar-refractivity contribution in [1.82, 2.24) is 4.57 Å². The highest BCUT2D eigenvalue weighted by molar-refractivity contribution is 7.98. The lowest BCUT2D eigenvalue weighted by Gasteiger charge is -2.24. The monoisotopic (exact) mass is 492 g/mol. The average molecular weight is 493 g/mol. The highest BCUT2D eigenvalue weighted by Gasteiger charge is 2.34. The maximum Gasteiger partial charge on any atom is 0.274 e. The van der Waals surface area contributed by atoms with Gasteiger partial charge in [0.15, 0.2) is 0 Å². The van der Waals surface area contributed by atoms with Crippen LogP contribution in [0.2, 0.25) is 0 Å². The molecule has 33 heavy (non-hydrogen) atoms. The number of primary amides is 1. The maximum atomic E-state index is 13.3. The Balaban J connectivity index is 2.01. The second-order valence-corrected chi connectivity index (χ2v) is 10.0. The predicted molar refractivity (Wildman–Crippen MR) is 136 cm³/mol. The van der Waals surface area contributed by atoms with E-state index in [2.05, 4.69) is 6.07 Å². The van der Waals surface area contributed by atoms with E-state index in [1.807, 2.05) is 61.0 Å². The van der Waals surface area contributed by atoms with Gasteiger partial charge in [-0.1, -0.05) is 24.3 Å². The van der Waals surface area contributed by atoms with Crippen LogP contribution in [0.4, 0.5) is 0 Å². The van der Waals surface area contributed by atoms with Crippen LogP contribution in [0.3, 0.4) is 0 Å². The Hall–Kier alpha value is -3.19. The van der Waals surface area contributed by atoms with E-state index >= 15 is 0 Å². The summed E-state index contributed by atoms with van der Waals surface area (Å²) >= 11 is 4.37. The summed E-state index contributed by atoms with van der Waals surface area (Å²) in [5.74, 6) is -1.41. The van der Waals surface area contributed by atoms with Gasteiger partial charge in [-0.05, 0) is 54.0 Å². The van der Waals surface area contributed by atoms with E-state index in [9.17, 15) is 14.9 Å². The molecule has 6 nitrogen and oxygen atoms in total. The van der Waals surface area contributed by atoms with Crippen molar-refractivity contribution in [3.63, 3.8) is 0 Å². The van der Waals surface area contributed by atoms with Crippen LogP contribution < -0.4 is 26.2 Å². The molecule has 0 fully saturated rings. The minimum absolute atomic E-state index is 0.0232. The van der Waals surface area contributed by atoms with Gasteiger partial charge >= 0.3 is 0 Å². The zero-order valence-corrected chi connectivity index (χ0v) is 20.3. The van der Waals surface area contributed by atoms with Crippen LogP contribution in [-0.2, 0) is 4.79 Å².